The Kier molecular flexibility index (Phi) is 5.17. The molecule has 2 aromatic carbocycles. The van der Waals surface area contributed by atoms with E-state index in [4.69, 9.17) is 9.47 Å². The highest BCUT2D eigenvalue weighted by molar-refractivity contribution is 5.47. The van der Waals surface area contributed by atoms with Crippen LogP contribution in [0.3, 0.4) is 0 Å². The van der Waals surface area contributed by atoms with E-state index in [1.54, 1.807) is 26.4 Å². The molecule has 21 heavy (non-hydrogen) atoms. The average Bonchev–Trinajstić information content (AvgIpc) is 2.53. The second-order valence-corrected chi connectivity index (χ2v) is 4.75. The summed E-state index contributed by atoms with van der Waals surface area (Å²) in [7, 11) is 5.17. The number of halogens is 1. The molecule has 0 saturated heterocycles. The summed E-state index contributed by atoms with van der Waals surface area (Å²) >= 11 is 0. The van der Waals surface area contributed by atoms with Crippen LogP contribution in [0.15, 0.2) is 42.5 Å². The lowest BCUT2D eigenvalue weighted by Crippen LogP contribution is -2.20. The number of ether oxygens (including phenoxy) is 2. The summed E-state index contributed by atoms with van der Waals surface area (Å²) in [4.78, 5) is 0. The number of hydrogen-bond donors (Lipinski definition) is 1. The number of rotatable bonds is 6. The van der Waals surface area contributed by atoms with Crippen molar-refractivity contribution in [3.63, 3.8) is 0 Å². The minimum atomic E-state index is -0.227. The van der Waals surface area contributed by atoms with Crippen molar-refractivity contribution in [1.82, 2.24) is 5.32 Å². The first-order valence-electron chi connectivity index (χ1n) is 6.82. The molecule has 0 fully saturated rings. The Morgan fingerprint density at radius 2 is 1.57 bits per heavy atom. The molecule has 0 spiro atoms. The highest BCUT2D eigenvalue weighted by Gasteiger charge is 2.19. The third-order valence-electron chi connectivity index (χ3n) is 3.52. The Labute approximate surface area is 124 Å². The number of likely N-dealkylation sites (N-methyl/N-ethyl adjacent to an activating group) is 1. The highest BCUT2D eigenvalue weighted by atomic mass is 19.1. The van der Waals surface area contributed by atoms with Crippen molar-refractivity contribution in [3.05, 3.63) is 59.4 Å². The predicted molar refractivity (Wildman–Crippen MR) is 81.5 cm³/mol. The van der Waals surface area contributed by atoms with Crippen molar-refractivity contribution in [3.8, 4) is 11.5 Å². The van der Waals surface area contributed by atoms with Gasteiger partial charge in [-0.15, -0.1) is 0 Å². The van der Waals surface area contributed by atoms with E-state index >= 15 is 0 Å². The fraction of sp³-hybridized carbons (Fsp3) is 0.294. The Balaban J connectivity index is 2.34. The van der Waals surface area contributed by atoms with Gasteiger partial charge in [0.1, 0.15) is 17.3 Å². The molecule has 112 valence electrons. The van der Waals surface area contributed by atoms with E-state index in [-0.39, 0.29) is 11.9 Å². The standard InChI is InChI=1S/C17H20FNO2/c1-19-14(11-12-7-9-13(18)10-8-12)17-15(20-2)5-4-6-16(17)21-3/h4-10,14,19H,11H2,1-3H3. The maximum absolute atomic E-state index is 13.0. The molecule has 2 rings (SSSR count). The van der Waals surface area contributed by atoms with Crippen LogP contribution >= 0.6 is 0 Å². The van der Waals surface area contributed by atoms with Gasteiger partial charge in [0.15, 0.2) is 0 Å². The molecule has 0 bridgehead atoms. The fourth-order valence-corrected chi connectivity index (χ4v) is 2.43. The Hall–Kier alpha value is -2.07. The van der Waals surface area contributed by atoms with E-state index in [9.17, 15) is 4.39 Å². The zero-order valence-corrected chi connectivity index (χ0v) is 12.5. The lowest BCUT2D eigenvalue weighted by atomic mass is 9.97. The summed E-state index contributed by atoms with van der Waals surface area (Å²) in [6.45, 7) is 0. The van der Waals surface area contributed by atoms with E-state index in [1.165, 1.54) is 12.1 Å². The first-order valence-corrected chi connectivity index (χ1v) is 6.82. The molecule has 1 N–H and O–H groups in total. The van der Waals surface area contributed by atoms with Crippen molar-refractivity contribution in [2.75, 3.05) is 21.3 Å². The quantitative estimate of drug-likeness (QED) is 0.884. The molecule has 4 heteroatoms. The van der Waals surface area contributed by atoms with Gasteiger partial charge in [0.05, 0.1) is 19.8 Å². The molecule has 0 aliphatic carbocycles. The van der Waals surface area contributed by atoms with Gasteiger partial charge in [-0.3, -0.25) is 0 Å². The molecular weight excluding hydrogens is 269 g/mol. The maximum Gasteiger partial charge on any atom is 0.127 e. The Bertz CT molecular complexity index is 562. The first-order chi connectivity index (χ1) is 10.2. The van der Waals surface area contributed by atoms with Gasteiger partial charge in [-0.1, -0.05) is 18.2 Å². The largest absolute Gasteiger partial charge is 0.496 e. The average molecular weight is 289 g/mol. The summed E-state index contributed by atoms with van der Waals surface area (Å²) < 4.78 is 23.9. The minimum absolute atomic E-state index is 0.0153. The number of hydrogen-bond acceptors (Lipinski definition) is 3. The second kappa shape index (κ2) is 7.09. The first kappa shape index (κ1) is 15.3. The van der Waals surface area contributed by atoms with Gasteiger partial charge >= 0.3 is 0 Å². The molecule has 0 aliphatic rings. The van der Waals surface area contributed by atoms with Crippen LogP contribution in [-0.2, 0) is 6.42 Å². The van der Waals surface area contributed by atoms with E-state index in [1.807, 2.05) is 25.2 Å². The van der Waals surface area contributed by atoms with E-state index < -0.39 is 0 Å². The van der Waals surface area contributed by atoms with E-state index in [0.717, 1.165) is 22.6 Å². The van der Waals surface area contributed by atoms with Gasteiger partial charge in [-0.2, -0.15) is 0 Å². The summed E-state index contributed by atoms with van der Waals surface area (Å²) in [6, 6.07) is 12.3. The third kappa shape index (κ3) is 3.52. The monoisotopic (exact) mass is 289 g/mol. The molecular formula is C17H20FNO2. The smallest absolute Gasteiger partial charge is 0.127 e. The van der Waals surface area contributed by atoms with Crippen LogP contribution in [-0.4, -0.2) is 21.3 Å². The molecule has 0 saturated carbocycles. The SMILES string of the molecule is CNC(Cc1ccc(F)cc1)c1c(OC)cccc1OC. The predicted octanol–water partition coefficient (Wildman–Crippen LogP) is 3.35. The Morgan fingerprint density at radius 3 is 2.05 bits per heavy atom. The van der Waals surface area contributed by atoms with Crippen LogP contribution in [0.1, 0.15) is 17.2 Å². The van der Waals surface area contributed by atoms with E-state index in [0.29, 0.717) is 6.42 Å². The van der Waals surface area contributed by atoms with Crippen LogP contribution in [0.2, 0.25) is 0 Å². The van der Waals surface area contributed by atoms with Crippen molar-refractivity contribution < 1.29 is 13.9 Å². The van der Waals surface area contributed by atoms with Crippen molar-refractivity contribution in [1.29, 1.82) is 0 Å². The molecule has 0 aromatic heterocycles. The summed E-state index contributed by atoms with van der Waals surface area (Å²) in [5.74, 6) is 1.32. The highest BCUT2D eigenvalue weighted by Crippen LogP contribution is 2.35. The van der Waals surface area contributed by atoms with Crippen molar-refractivity contribution in [2.24, 2.45) is 0 Å². The molecule has 1 unspecified atom stereocenters. The van der Waals surface area contributed by atoms with Crippen LogP contribution in [0.25, 0.3) is 0 Å². The van der Waals surface area contributed by atoms with Crippen LogP contribution < -0.4 is 14.8 Å². The number of benzene rings is 2. The van der Waals surface area contributed by atoms with Gasteiger partial charge in [-0.25, -0.2) is 4.39 Å². The topological polar surface area (TPSA) is 30.5 Å². The van der Waals surface area contributed by atoms with Crippen LogP contribution in [0.4, 0.5) is 4.39 Å². The fourth-order valence-electron chi connectivity index (χ4n) is 2.43. The van der Waals surface area contributed by atoms with E-state index in [2.05, 4.69) is 5.32 Å². The molecule has 1 atom stereocenters. The Morgan fingerprint density at radius 1 is 1.00 bits per heavy atom. The summed E-state index contributed by atoms with van der Waals surface area (Å²) in [6.07, 6.45) is 0.716. The number of methoxy groups -OCH3 is 2. The summed E-state index contributed by atoms with van der Waals surface area (Å²) in [5, 5.41) is 3.28. The third-order valence-corrected chi connectivity index (χ3v) is 3.52. The molecule has 0 heterocycles. The van der Waals surface area contributed by atoms with Gasteiger partial charge in [0.25, 0.3) is 0 Å². The molecule has 3 nitrogen and oxygen atoms in total. The van der Waals surface area contributed by atoms with Crippen molar-refractivity contribution in [2.45, 2.75) is 12.5 Å². The van der Waals surface area contributed by atoms with Gasteiger partial charge in [-0.05, 0) is 43.3 Å². The molecule has 0 amide bonds. The lowest BCUT2D eigenvalue weighted by Gasteiger charge is -2.22. The van der Waals surface area contributed by atoms with Gasteiger partial charge < -0.3 is 14.8 Å². The second-order valence-electron chi connectivity index (χ2n) is 4.75. The summed E-state index contributed by atoms with van der Waals surface area (Å²) in [5.41, 5.74) is 2.01. The number of nitrogens with one attached hydrogen (secondary N) is 1. The van der Waals surface area contributed by atoms with Crippen LogP contribution in [0, 0.1) is 5.82 Å². The normalized spacial score (nSPS) is 12.0. The van der Waals surface area contributed by atoms with Crippen LogP contribution in [0.5, 0.6) is 11.5 Å². The maximum atomic E-state index is 13.0. The minimum Gasteiger partial charge on any atom is -0.496 e. The van der Waals surface area contributed by atoms with Gasteiger partial charge in [0.2, 0.25) is 0 Å². The molecule has 0 radical (unpaired) electrons. The van der Waals surface area contributed by atoms with Gasteiger partial charge in [0, 0.05) is 6.04 Å². The molecule has 0 aliphatic heterocycles. The zero-order chi connectivity index (χ0) is 15.2. The molecule has 2 aromatic rings. The van der Waals surface area contributed by atoms with Crippen molar-refractivity contribution >= 4 is 0 Å². The zero-order valence-electron chi connectivity index (χ0n) is 12.5. The lowest BCUT2D eigenvalue weighted by molar-refractivity contribution is 0.373.